The summed E-state index contributed by atoms with van der Waals surface area (Å²) in [5.74, 6) is -0.193. The number of aliphatic hydroxyl groups is 1. The SMILES string of the molecule is Cc1ccccc1-c1nc(C(=O)NC(C)CCO)cs1. The van der Waals surface area contributed by atoms with E-state index in [2.05, 4.69) is 10.3 Å². The van der Waals surface area contributed by atoms with Crippen LogP contribution in [0.1, 0.15) is 29.4 Å². The third kappa shape index (κ3) is 3.43. The summed E-state index contributed by atoms with van der Waals surface area (Å²) in [5.41, 5.74) is 2.63. The van der Waals surface area contributed by atoms with Gasteiger partial charge < -0.3 is 10.4 Å². The van der Waals surface area contributed by atoms with Crippen LogP contribution in [0.3, 0.4) is 0 Å². The number of hydrogen-bond acceptors (Lipinski definition) is 4. The largest absolute Gasteiger partial charge is 0.396 e. The first kappa shape index (κ1) is 14.7. The van der Waals surface area contributed by atoms with E-state index in [4.69, 9.17) is 5.11 Å². The van der Waals surface area contributed by atoms with Crippen LogP contribution in [0.5, 0.6) is 0 Å². The molecule has 20 heavy (non-hydrogen) atoms. The fraction of sp³-hybridized carbons (Fsp3) is 0.333. The molecule has 2 rings (SSSR count). The van der Waals surface area contributed by atoms with Gasteiger partial charge in [0.05, 0.1) is 0 Å². The van der Waals surface area contributed by atoms with Gasteiger partial charge in [0.1, 0.15) is 10.7 Å². The Kier molecular flexibility index (Phi) is 4.87. The number of nitrogens with one attached hydrogen (secondary N) is 1. The van der Waals surface area contributed by atoms with E-state index >= 15 is 0 Å². The number of rotatable bonds is 5. The summed E-state index contributed by atoms with van der Waals surface area (Å²) in [6.07, 6.45) is 0.542. The van der Waals surface area contributed by atoms with Crippen molar-refractivity contribution in [3.05, 3.63) is 40.9 Å². The van der Waals surface area contributed by atoms with E-state index in [1.807, 2.05) is 38.1 Å². The van der Waals surface area contributed by atoms with Crippen LogP contribution < -0.4 is 5.32 Å². The van der Waals surface area contributed by atoms with E-state index in [1.165, 1.54) is 11.3 Å². The number of aryl methyl sites for hydroxylation is 1. The molecule has 0 spiro atoms. The summed E-state index contributed by atoms with van der Waals surface area (Å²) in [7, 11) is 0. The van der Waals surface area contributed by atoms with Gasteiger partial charge in [-0.15, -0.1) is 11.3 Å². The highest BCUT2D eigenvalue weighted by Crippen LogP contribution is 2.26. The Morgan fingerprint density at radius 1 is 1.45 bits per heavy atom. The lowest BCUT2D eigenvalue weighted by Crippen LogP contribution is -2.33. The Morgan fingerprint density at radius 3 is 2.90 bits per heavy atom. The molecule has 4 nitrogen and oxygen atoms in total. The number of aliphatic hydroxyl groups excluding tert-OH is 1. The predicted octanol–water partition coefficient (Wildman–Crippen LogP) is 2.62. The Hall–Kier alpha value is -1.72. The van der Waals surface area contributed by atoms with E-state index in [9.17, 15) is 4.79 Å². The molecule has 0 aliphatic heterocycles. The second kappa shape index (κ2) is 6.63. The molecule has 1 amide bonds. The molecule has 106 valence electrons. The van der Waals surface area contributed by atoms with Crippen molar-refractivity contribution in [2.24, 2.45) is 0 Å². The molecule has 0 saturated heterocycles. The first-order valence-electron chi connectivity index (χ1n) is 6.55. The normalized spacial score (nSPS) is 12.2. The molecule has 0 fully saturated rings. The smallest absolute Gasteiger partial charge is 0.270 e. The first-order chi connectivity index (χ1) is 9.61. The van der Waals surface area contributed by atoms with Crippen molar-refractivity contribution in [3.8, 4) is 10.6 Å². The number of amides is 1. The Morgan fingerprint density at radius 2 is 2.20 bits per heavy atom. The number of carbonyl (C=O) groups is 1. The maximum atomic E-state index is 12.0. The van der Waals surface area contributed by atoms with E-state index < -0.39 is 0 Å². The molecule has 1 aromatic heterocycles. The highest BCUT2D eigenvalue weighted by Gasteiger charge is 2.14. The Bertz CT molecular complexity index is 595. The number of benzene rings is 1. The van der Waals surface area contributed by atoms with Crippen molar-refractivity contribution in [2.45, 2.75) is 26.3 Å². The molecular weight excluding hydrogens is 272 g/mol. The summed E-state index contributed by atoms with van der Waals surface area (Å²) in [4.78, 5) is 16.4. The van der Waals surface area contributed by atoms with Crippen molar-refractivity contribution in [3.63, 3.8) is 0 Å². The van der Waals surface area contributed by atoms with Crippen molar-refractivity contribution in [2.75, 3.05) is 6.61 Å². The van der Waals surface area contributed by atoms with Gasteiger partial charge in [0, 0.05) is 23.6 Å². The zero-order chi connectivity index (χ0) is 14.5. The van der Waals surface area contributed by atoms with Gasteiger partial charge in [0.25, 0.3) is 5.91 Å². The van der Waals surface area contributed by atoms with Crippen LogP contribution in [0, 0.1) is 6.92 Å². The average Bonchev–Trinajstić information content (AvgIpc) is 2.89. The molecule has 0 radical (unpaired) electrons. The predicted molar refractivity (Wildman–Crippen MR) is 80.9 cm³/mol. The molecule has 2 aromatic rings. The van der Waals surface area contributed by atoms with Gasteiger partial charge in [-0.25, -0.2) is 4.98 Å². The van der Waals surface area contributed by atoms with Gasteiger partial charge in [-0.2, -0.15) is 0 Å². The van der Waals surface area contributed by atoms with Gasteiger partial charge in [-0.1, -0.05) is 24.3 Å². The van der Waals surface area contributed by atoms with Gasteiger partial charge in [-0.05, 0) is 25.8 Å². The first-order valence-corrected chi connectivity index (χ1v) is 7.43. The van der Waals surface area contributed by atoms with E-state index in [1.54, 1.807) is 5.38 Å². The number of aromatic nitrogens is 1. The minimum atomic E-state index is -0.193. The minimum absolute atomic E-state index is 0.0592. The fourth-order valence-corrected chi connectivity index (χ4v) is 2.77. The molecule has 1 atom stereocenters. The lowest BCUT2D eigenvalue weighted by Gasteiger charge is -2.10. The lowest BCUT2D eigenvalue weighted by atomic mass is 10.1. The number of carbonyl (C=O) groups excluding carboxylic acids is 1. The Labute approximate surface area is 122 Å². The molecule has 0 bridgehead atoms. The molecule has 0 saturated carbocycles. The molecular formula is C15H18N2O2S. The zero-order valence-electron chi connectivity index (χ0n) is 11.6. The molecule has 0 aliphatic carbocycles. The van der Waals surface area contributed by atoms with Crippen molar-refractivity contribution in [1.29, 1.82) is 0 Å². The standard InChI is InChI=1S/C15H18N2O2S/c1-10-5-3-4-6-12(10)15-17-13(9-20-15)14(19)16-11(2)7-8-18/h3-6,9,11,18H,7-8H2,1-2H3,(H,16,19). The Balaban J connectivity index is 2.13. The highest BCUT2D eigenvalue weighted by molar-refractivity contribution is 7.13. The van der Waals surface area contributed by atoms with Crippen LogP contribution in [0.15, 0.2) is 29.6 Å². The molecule has 2 N–H and O–H groups in total. The van der Waals surface area contributed by atoms with Crippen LogP contribution >= 0.6 is 11.3 Å². The third-order valence-electron chi connectivity index (χ3n) is 3.05. The highest BCUT2D eigenvalue weighted by atomic mass is 32.1. The molecule has 1 aromatic carbocycles. The molecule has 1 unspecified atom stereocenters. The maximum Gasteiger partial charge on any atom is 0.270 e. The van der Waals surface area contributed by atoms with E-state index in [-0.39, 0.29) is 18.6 Å². The second-order valence-electron chi connectivity index (χ2n) is 4.74. The van der Waals surface area contributed by atoms with Gasteiger partial charge in [0.15, 0.2) is 0 Å². The van der Waals surface area contributed by atoms with Crippen LogP contribution in [0.4, 0.5) is 0 Å². The lowest BCUT2D eigenvalue weighted by molar-refractivity contribution is 0.0930. The average molecular weight is 290 g/mol. The number of hydrogen-bond donors (Lipinski definition) is 2. The molecule has 0 aliphatic rings. The van der Waals surface area contributed by atoms with Crippen LogP contribution in [-0.4, -0.2) is 28.6 Å². The monoisotopic (exact) mass is 290 g/mol. The van der Waals surface area contributed by atoms with E-state index in [0.29, 0.717) is 12.1 Å². The molecule has 5 heteroatoms. The van der Waals surface area contributed by atoms with Crippen molar-refractivity contribution in [1.82, 2.24) is 10.3 Å². The fourth-order valence-electron chi connectivity index (χ4n) is 1.88. The van der Waals surface area contributed by atoms with E-state index in [0.717, 1.165) is 16.1 Å². The summed E-state index contributed by atoms with van der Waals surface area (Å²) in [6.45, 7) is 3.95. The van der Waals surface area contributed by atoms with Crippen molar-refractivity contribution >= 4 is 17.2 Å². The maximum absolute atomic E-state index is 12.0. The number of nitrogens with zero attached hydrogens (tertiary/aromatic N) is 1. The minimum Gasteiger partial charge on any atom is -0.396 e. The van der Waals surface area contributed by atoms with Crippen LogP contribution in [0.2, 0.25) is 0 Å². The summed E-state index contributed by atoms with van der Waals surface area (Å²) >= 11 is 1.46. The summed E-state index contributed by atoms with van der Waals surface area (Å²) < 4.78 is 0. The van der Waals surface area contributed by atoms with Gasteiger partial charge >= 0.3 is 0 Å². The van der Waals surface area contributed by atoms with Gasteiger partial charge in [0.2, 0.25) is 0 Å². The third-order valence-corrected chi connectivity index (χ3v) is 3.93. The van der Waals surface area contributed by atoms with Gasteiger partial charge in [-0.3, -0.25) is 4.79 Å². The number of thiazole rings is 1. The molecule has 1 heterocycles. The second-order valence-corrected chi connectivity index (χ2v) is 5.60. The zero-order valence-corrected chi connectivity index (χ0v) is 12.4. The summed E-state index contributed by atoms with van der Waals surface area (Å²) in [6, 6.07) is 7.92. The van der Waals surface area contributed by atoms with Crippen LogP contribution in [0.25, 0.3) is 10.6 Å². The quantitative estimate of drug-likeness (QED) is 0.890. The van der Waals surface area contributed by atoms with Crippen molar-refractivity contribution < 1.29 is 9.90 Å². The topological polar surface area (TPSA) is 62.2 Å². The van der Waals surface area contributed by atoms with Crippen LogP contribution in [-0.2, 0) is 0 Å². The summed E-state index contributed by atoms with van der Waals surface area (Å²) in [5, 5.41) is 14.3.